The van der Waals surface area contributed by atoms with E-state index in [0.29, 0.717) is 0 Å². The summed E-state index contributed by atoms with van der Waals surface area (Å²) in [7, 11) is 0. The number of benzene rings is 2. The first-order valence-electron chi connectivity index (χ1n) is 9.43. The van der Waals surface area contributed by atoms with Gasteiger partial charge in [0, 0.05) is 5.57 Å². The van der Waals surface area contributed by atoms with E-state index in [0.717, 1.165) is 0 Å². The molecule has 1 aliphatic rings. The second kappa shape index (κ2) is 8.64. The van der Waals surface area contributed by atoms with Gasteiger partial charge < -0.3 is 0 Å². The van der Waals surface area contributed by atoms with Crippen LogP contribution in [0.15, 0.2) is 12.1 Å². The zero-order valence-electron chi connectivity index (χ0n) is 17.7. The first-order chi connectivity index (χ1) is 17.6. The van der Waals surface area contributed by atoms with Crippen LogP contribution in [0.2, 0.25) is 0 Å². The van der Waals surface area contributed by atoms with Crippen molar-refractivity contribution >= 4 is 11.1 Å². The molecule has 0 spiro atoms. The van der Waals surface area contributed by atoms with Crippen LogP contribution in [0.4, 0.5) is 87.8 Å². The predicted octanol–water partition coefficient (Wildman–Crippen LogP) is 9.27. The van der Waals surface area contributed by atoms with Crippen molar-refractivity contribution in [2.45, 2.75) is 36.3 Å². The van der Waals surface area contributed by atoms with Gasteiger partial charge in [-0.05, 0) is 17.7 Å². The molecule has 0 saturated carbocycles. The van der Waals surface area contributed by atoms with Crippen LogP contribution in [0, 0.1) is 29.1 Å². The predicted molar refractivity (Wildman–Crippen MR) is 89.3 cm³/mol. The molecule has 1 aliphatic carbocycles. The number of rotatable bonds is 2. The van der Waals surface area contributed by atoms with Gasteiger partial charge in [-0.3, -0.25) is 0 Å². The zero-order valence-corrected chi connectivity index (χ0v) is 17.7. The van der Waals surface area contributed by atoms with Crippen LogP contribution < -0.4 is 0 Å². The summed E-state index contributed by atoms with van der Waals surface area (Å²) in [5, 5.41) is 0. The Kier molecular flexibility index (Phi) is 6.76. The molecule has 0 atom stereocenters. The molecule has 0 aromatic heterocycles. The highest BCUT2D eigenvalue weighted by atomic mass is 19.4. The molecule has 0 amide bonds. The average Bonchev–Trinajstić information content (AvgIpc) is 2.84. The van der Waals surface area contributed by atoms with E-state index in [1.165, 1.54) is 0 Å². The minimum Gasteiger partial charge on any atom is -0.206 e. The van der Waals surface area contributed by atoms with Crippen LogP contribution in [0.1, 0.15) is 27.8 Å². The summed E-state index contributed by atoms with van der Waals surface area (Å²) in [5.41, 5.74) is -23.5. The molecule has 0 heterocycles. The molecule has 40 heavy (non-hydrogen) atoms. The van der Waals surface area contributed by atoms with Crippen LogP contribution in [0.25, 0.3) is 11.1 Å². The lowest BCUT2D eigenvalue weighted by atomic mass is 9.90. The van der Waals surface area contributed by atoms with Gasteiger partial charge in [0.1, 0.15) is 11.4 Å². The molecule has 3 rings (SSSR count). The van der Waals surface area contributed by atoms with Crippen LogP contribution in [-0.4, -0.2) is 17.8 Å². The minimum absolute atomic E-state index is 1.20. The van der Waals surface area contributed by atoms with Gasteiger partial charge in [0.15, 0.2) is 23.3 Å². The third-order valence-corrected chi connectivity index (χ3v) is 5.44. The summed E-state index contributed by atoms with van der Waals surface area (Å²) in [6, 6.07) is -2.39. The maximum Gasteiger partial charge on any atom is 0.422 e. The summed E-state index contributed by atoms with van der Waals surface area (Å²) in [4.78, 5) is 0. The summed E-state index contributed by atoms with van der Waals surface area (Å²) < 4.78 is 275. The number of hydrogen-bond donors (Lipinski definition) is 0. The Morgan fingerprint density at radius 2 is 0.800 bits per heavy atom. The lowest BCUT2D eigenvalue weighted by molar-refractivity contribution is -0.254. The molecule has 222 valence electrons. The Labute approximate surface area is 205 Å². The van der Waals surface area contributed by atoms with E-state index in [4.69, 9.17) is 0 Å². The molecule has 20 heteroatoms. The normalized spacial score (nSPS) is 19.0. The van der Waals surface area contributed by atoms with E-state index in [1.54, 1.807) is 0 Å². The molecule has 0 fully saturated rings. The van der Waals surface area contributed by atoms with Crippen molar-refractivity contribution < 1.29 is 87.8 Å². The molecule has 0 radical (unpaired) electrons. The molecular formula is C20H2F20. The van der Waals surface area contributed by atoms with Crippen molar-refractivity contribution in [2.24, 2.45) is 0 Å². The smallest absolute Gasteiger partial charge is 0.206 e. The van der Waals surface area contributed by atoms with E-state index < -0.39 is 116 Å². The third-order valence-electron chi connectivity index (χ3n) is 5.44. The average molecular weight is 622 g/mol. The largest absolute Gasteiger partial charge is 0.422 e. The maximum atomic E-state index is 14.6. The van der Waals surface area contributed by atoms with Crippen molar-refractivity contribution in [1.29, 1.82) is 0 Å². The Morgan fingerprint density at radius 1 is 0.450 bits per heavy atom. The van der Waals surface area contributed by atoms with Crippen molar-refractivity contribution in [3.63, 3.8) is 0 Å². The fourth-order valence-corrected chi connectivity index (χ4v) is 3.71. The number of hydrogen-bond acceptors (Lipinski definition) is 0. The molecule has 0 aliphatic heterocycles. The standard InChI is InChI=1S/C20H2F20/c21-10-4(17(30,31)32)1-3(2-5(10)18(33,34)35)7-8(16(28,29)20(39,40)15(7,26)27)6-11(22)13(24)9(19(36,37)38)14(25)12(6)23/h1-2H. The van der Waals surface area contributed by atoms with Crippen LogP contribution >= 0.6 is 0 Å². The Bertz CT molecular complexity index is 1350. The second-order valence-electron chi connectivity index (χ2n) is 7.86. The van der Waals surface area contributed by atoms with Crippen molar-refractivity contribution in [1.82, 2.24) is 0 Å². The molecule has 0 N–H and O–H groups in total. The van der Waals surface area contributed by atoms with Gasteiger partial charge >= 0.3 is 36.3 Å². The molecule has 0 saturated heterocycles. The first kappa shape index (κ1) is 31.3. The Balaban J connectivity index is 2.69. The van der Waals surface area contributed by atoms with Crippen molar-refractivity contribution in [2.75, 3.05) is 0 Å². The van der Waals surface area contributed by atoms with E-state index in [-0.39, 0.29) is 0 Å². The highest BCUT2D eigenvalue weighted by Crippen LogP contribution is 2.65. The van der Waals surface area contributed by atoms with Gasteiger partial charge in [-0.15, -0.1) is 0 Å². The van der Waals surface area contributed by atoms with Crippen LogP contribution in [-0.2, 0) is 18.5 Å². The van der Waals surface area contributed by atoms with Gasteiger partial charge in [-0.2, -0.15) is 65.9 Å². The number of halogens is 20. The number of allylic oxidation sites excluding steroid dienone is 2. The van der Waals surface area contributed by atoms with E-state index in [2.05, 4.69) is 0 Å². The fraction of sp³-hybridized carbons (Fsp3) is 0.300. The molecule has 2 aromatic rings. The van der Waals surface area contributed by atoms with Crippen molar-refractivity contribution in [3.8, 4) is 0 Å². The molecule has 0 unspecified atom stereocenters. The van der Waals surface area contributed by atoms with E-state index in [9.17, 15) is 87.8 Å². The van der Waals surface area contributed by atoms with Crippen molar-refractivity contribution in [3.05, 3.63) is 69.0 Å². The third kappa shape index (κ3) is 4.24. The molecule has 2 aromatic carbocycles. The van der Waals surface area contributed by atoms with Gasteiger partial charge in [0.2, 0.25) is 0 Å². The monoisotopic (exact) mass is 622 g/mol. The second-order valence-corrected chi connectivity index (χ2v) is 7.86. The first-order valence-corrected chi connectivity index (χ1v) is 9.43. The summed E-state index contributed by atoms with van der Waals surface area (Å²) in [5.74, 6) is -38.8. The van der Waals surface area contributed by atoms with Gasteiger partial charge in [-0.1, -0.05) is 0 Å². The summed E-state index contributed by atoms with van der Waals surface area (Å²) in [6.07, 6.45) is -19.0. The fourth-order valence-electron chi connectivity index (χ4n) is 3.71. The topological polar surface area (TPSA) is 0 Å². The molecular weight excluding hydrogens is 620 g/mol. The SMILES string of the molecule is Fc1c(C(F)(F)F)cc(C2=C(c3c(F)c(F)c(C(F)(F)F)c(F)c3F)C(F)(F)C(F)(F)C2(F)F)cc1C(F)(F)F. The molecule has 0 nitrogen and oxygen atoms in total. The van der Waals surface area contributed by atoms with Gasteiger partial charge in [-0.25, -0.2) is 22.0 Å². The zero-order chi connectivity index (χ0) is 31.3. The lowest BCUT2D eigenvalue weighted by Crippen LogP contribution is -2.49. The van der Waals surface area contributed by atoms with Crippen LogP contribution in [0.3, 0.4) is 0 Å². The van der Waals surface area contributed by atoms with Crippen LogP contribution in [0.5, 0.6) is 0 Å². The number of alkyl halides is 15. The summed E-state index contributed by atoms with van der Waals surface area (Å²) in [6.45, 7) is 0. The Hall–Kier alpha value is -3.22. The van der Waals surface area contributed by atoms with Gasteiger partial charge in [0.05, 0.1) is 22.3 Å². The lowest BCUT2D eigenvalue weighted by Gasteiger charge is -2.26. The summed E-state index contributed by atoms with van der Waals surface area (Å²) >= 11 is 0. The van der Waals surface area contributed by atoms with Gasteiger partial charge in [0.25, 0.3) is 0 Å². The Morgan fingerprint density at radius 3 is 1.12 bits per heavy atom. The highest BCUT2D eigenvalue weighted by molar-refractivity contribution is 6.01. The minimum atomic E-state index is -7.07. The van der Waals surface area contributed by atoms with E-state index >= 15 is 0 Å². The maximum absolute atomic E-state index is 14.6. The highest BCUT2D eigenvalue weighted by Gasteiger charge is 2.81. The quantitative estimate of drug-likeness (QED) is 0.232. The molecule has 0 bridgehead atoms. The van der Waals surface area contributed by atoms with E-state index in [1.807, 2.05) is 0 Å².